The molecule has 0 fully saturated rings. The van der Waals surface area contributed by atoms with Gasteiger partial charge in [-0.3, -0.25) is 9.59 Å². The zero-order valence-corrected chi connectivity index (χ0v) is 40.0. The zero-order valence-electron chi connectivity index (χ0n) is 33.7. The van der Waals surface area contributed by atoms with E-state index in [0.29, 0.717) is 47.7 Å². The van der Waals surface area contributed by atoms with Crippen LogP contribution in [0, 0.1) is 11.8 Å². The first-order chi connectivity index (χ1) is 26.2. The van der Waals surface area contributed by atoms with Crippen LogP contribution in [0.25, 0.3) is 0 Å². The van der Waals surface area contributed by atoms with E-state index in [1.54, 1.807) is 24.3 Å². The lowest BCUT2D eigenvalue weighted by Crippen LogP contribution is -2.37. The van der Waals surface area contributed by atoms with Crippen molar-refractivity contribution >= 4 is 75.5 Å². The molecular weight excluding hydrogens is 972 g/mol. The molecular formula is C44H54Br4N2O6. The summed E-state index contributed by atoms with van der Waals surface area (Å²) in [6.07, 6.45) is 0.594. The smallest absolute Gasteiger partial charge is 0.224 e. The molecule has 0 unspecified atom stereocenters. The summed E-state index contributed by atoms with van der Waals surface area (Å²) in [5.74, 6) is 4.18. The van der Waals surface area contributed by atoms with E-state index >= 15 is 0 Å². The van der Waals surface area contributed by atoms with Gasteiger partial charge in [-0.1, -0.05) is 55.4 Å². The Morgan fingerprint density at radius 3 is 1.11 bits per heavy atom. The summed E-state index contributed by atoms with van der Waals surface area (Å²) in [4.78, 5) is 24.5. The maximum Gasteiger partial charge on any atom is 0.224 e. The second-order valence-electron chi connectivity index (χ2n) is 15.3. The van der Waals surface area contributed by atoms with Gasteiger partial charge in [-0.25, -0.2) is 0 Å². The van der Waals surface area contributed by atoms with Gasteiger partial charge >= 0.3 is 0 Å². The largest absolute Gasteiger partial charge is 0.508 e. The first-order valence-corrected chi connectivity index (χ1v) is 21.9. The summed E-state index contributed by atoms with van der Waals surface area (Å²) in [6, 6.07) is 18.3. The molecule has 0 spiro atoms. The third-order valence-electron chi connectivity index (χ3n) is 9.30. The molecule has 56 heavy (non-hydrogen) atoms. The second-order valence-corrected chi connectivity index (χ2v) is 18.7. The molecule has 0 bridgehead atoms. The fourth-order valence-electron chi connectivity index (χ4n) is 5.29. The van der Waals surface area contributed by atoms with Gasteiger partial charge in [-0.05, 0) is 173 Å². The van der Waals surface area contributed by atoms with Crippen molar-refractivity contribution in [2.45, 2.75) is 106 Å². The van der Waals surface area contributed by atoms with Crippen molar-refractivity contribution in [2.75, 3.05) is 0 Å². The normalized spacial score (nSPS) is 12.3. The number of rotatable bonds is 14. The average Bonchev–Trinajstić information content (AvgIpc) is 3.09. The van der Waals surface area contributed by atoms with Crippen molar-refractivity contribution in [1.82, 2.24) is 10.6 Å². The summed E-state index contributed by atoms with van der Waals surface area (Å²) in [5.41, 5.74) is 3.43. The molecule has 304 valence electrons. The Labute approximate surface area is 366 Å². The molecule has 4 aromatic carbocycles. The van der Waals surface area contributed by atoms with E-state index in [0.717, 1.165) is 40.1 Å². The van der Waals surface area contributed by atoms with E-state index in [2.05, 4.69) is 102 Å². The summed E-state index contributed by atoms with van der Waals surface area (Å²) >= 11 is 14.2. The van der Waals surface area contributed by atoms with Crippen LogP contribution in [0.4, 0.5) is 0 Å². The molecule has 4 aromatic rings. The minimum Gasteiger partial charge on any atom is -0.508 e. The highest BCUT2D eigenvalue weighted by Crippen LogP contribution is 2.41. The van der Waals surface area contributed by atoms with E-state index in [1.807, 2.05) is 77.9 Å². The number of aromatic hydroxyl groups is 2. The standard InChI is InChI=1S/2C22H27Br2NO3/c2*1-12(2)14(5)25-21(27)10-15-8-18(23)22(19(24)9-15)28-16-6-7-20(26)17(11-16)13(3)4/h2*6-9,11-14,26H,10H2,1-5H3,(H,25,27)/t2*14-/m10/s1. The molecule has 4 N–H and O–H groups in total. The molecule has 0 aliphatic rings. The number of halogens is 4. The number of phenolic OH excluding ortho intramolecular Hbond substituents is 2. The average molecular weight is 1030 g/mol. The van der Waals surface area contributed by atoms with Crippen LogP contribution in [-0.2, 0) is 22.4 Å². The maximum absolute atomic E-state index is 12.3. The van der Waals surface area contributed by atoms with Gasteiger partial charge in [-0.2, -0.15) is 0 Å². The Hall–Kier alpha value is -3.06. The molecule has 4 rings (SSSR count). The number of amides is 2. The Bertz CT molecular complexity index is 1790. The van der Waals surface area contributed by atoms with Crippen molar-refractivity contribution in [3.05, 3.63) is 101 Å². The molecule has 0 heterocycles. The van der Waals surface area contributed by atoms with Crippen LogP contribution in [0.2, 0.25) is 0 Å². The van der Waals surface area contributed by atoms with Crippen molar-refractivity contribution in [2.24, 2.45) is 11.8 Å². The monoisotopic (exact) mass is 1020 g/mol. The number of hydrogen-bond donors (Lipinski definition) is 4. The van der Waals surface area contributed by atoms with Gasteiger partial charge in [0.1, 0.15) is 23.0 Å². The molecule has 2 atom stereocenters. The third kappa shape index (κ3) is 14.1. The topological polar surface area (TPSA) is 117 Å². The van der Waals surface area contributed by atoms with Crippen LogP contribution in [0.5, 0.6) is 34.5 Å². The first-order valence-electron chi connectivity index (χ1n) is 18.7. The van der Waals surface area contributed by atoms with Crippen molar-refractivity contribution in [3.8, 4) is 34.5 Å². The highest BCUT2D eigenvalue weighted by molar-refractivity contribution is 9.11. The van der Waals surface area contributed by atoms with Crippen molar-refractivity contribution < 1.29 is 29.3 Å². The number of carbonyl (C=O) groups excluding carboxylic acids is 2. The number of ether oxygens (including phenoxy) is 2. The minimum absolute atomic E-state index is 0.00576. The molecule has 0 aliphatic heterocycles. The highest BCUT2D eigenvalue weighted by Gasteiger charge is 2.18. The van der Waals surface area contributed by atoms with Crippen LogP contribution < -0.4 is 20.1 Å². The summed E-state index contributed by atoms with van der Waals surface area (Å²) in [6.45, 7) is 20.4. The molecule has 0 radical (unpaired) electrons. The van der Waals surface area contributed by atoms with Gasteiger partial charge < -0.3 is 30.3 Å². The molecule has 0 saturated carbocycles. The minimum atomic E-state index is -0.00576. The van der Waals surface area contributed by atoms with Gasteiger partial charge in [0.15, 0.2) is 11.5 Å². The van der Waals surface area contributed by atoms with Crippen LogP contribution in [-0.4, -0.2) is 34.1 Å². The fourth-order valence-corrected chi connectivity index (χ4v) is 8.18. The third-order valence-corrected chi connectivity index (χ3v) is 11.7. The lowest BCUT2D eigenvalue weighted by molar-refractivity contribution is -0.122. The molecule has 2 amide bonds. The predicted octanol–water partition coefficient (Wildman–Crippen LogP) is 13.1. The Morgan fingerprint density at radius 1 is 0.536 bits per heavy atom. The summed E-state index contributed by atoms with van der Waals surface area (Å²) < 4.78 is 15.1. The van der Waals surface area contributed by atoms with Crippen molar-refractivity contribution in [1.29, 1.82) is 0 Å². The second kappa shape index (κ2) is 21.6. The van der Waals surface area contributed by atoms with E-state index in [4.69, 9.17) is 9.47 Å². The van der Waals surface area contributed by atoms with E-state index in [-0.39, 0.29) is 47.2 Å². The predicted molar refractivity (Wildman–Crippen MR) is 241 cm³/mol. The Morgan fingerprint density at radius 2 is 0.839 bits per heavy atom. The first kappa shape index (κ1) is 47.3. The fraction of sp³-hybridized carbons (Fsp3) is 0.409. The number of benzene rings is 4. The van der Waals surface area contributed by atoms with Crippen LogP contribution in [0.1, 0.15) is 103 Å². The van der Waals surface area contributed by atoms with Gasteiger partial charge in [0.25, 0.3) is 0 Å². The molecule has 0 aromatic heterocycles. The van der Waals surface area contributed by atoms with Gasteiger partial charge in [0, 0.05) is 23.2 Å². The Balaban J connectivity index is 0.000000300. The highest BCUT2D eigenvalue weighted by atomic mass is 79.9. The van der Waals surface area contributed by atoms with Gasteiger partial charge in [0.2, 0.25) is 11.8 Å². The molecule has 0 saturated heterocycles. The maximum atomic E-state index is 12.3. The molecule has 0 aliphatic carbocycles. The zero-order chi connectivity index (χ0) is 42.0. The lowest BCUT2D eigenvalue weighted by atomic mass is 10.0. The molecule has 8 nitrogen and oxygen atoms in total. The number of hydrogen-bond acceptors (Lipinski definition) is 6. The van der Waals surface area contributed by atoms with Crippen LogP contribution >= 0.6 is 63.7 Å². The van der Waals surface area contributed by atoms with Crippen LogP contribution in [0.15, 0.2) is 78.6 Å². The summed E-state index contributed by atoms with van der Waals surface area (Å²) in [7, 11) is 0. The van der Waals surface area contributed by atoms with E-state index < -0.39 is 0 Å². The van der Waals surface area contributed by atoms with Crippen molar-refractivity contribution in [3.63, 3.8) is 0 Å². The SMILES string of the molecule is CC(C)c1cc(Oc2c(Br)cc(CC(=O)N[C@@H](C)C(C)C)cc2Br)ccc1O.CC(C)c1cc(Oc2c(Br)cc(CC(=O)N[C@H](C)C(C)C)cc2Br)ccc1O. The lowest BCUT2D eigenvalue weighted by Gasteiger charge is -2.18. The van der Waals surface area contributed by atoms with E-state index in [9.17, 15) is 19.8 Å². The van der Waals surface area contributed by atoms with E-state index in [1.165, 1.54) is 0 Å². The number of carbonyl (C=O) groups is 2. The van der Waals surface area contributed by atoms with Gasteiger partial charge in [-0.15, -0.1) is 0 Å². The Kier molecular flexibility index (Phi) is 18.3. The quantitative estimate of drug-likeness (QED) is 0.1000. The summed E-state index contributed by atoms with van der Waals surface area (Å²) in [5, 5.41) is 26.0. The molecule has 12 heteroatoms. The van der Waals surface area contributed by atoms with Crippen LogP contribution in [0.3, 0.4) is 0 Å². The number of nitrogens with one attached hydrogen (secondary N) is 2. The number of phenols is 2. The van der Waals surface area contributed by atoms with Gasteiger partial charge in [0.05, 0.1) is 30.7 Å².